The Balaban J connectivity index is 2.57. The molecular weight excluding hydrogens is 200 g/mol. The first-order chi connectivity index (χ1) is 7.72. The van der Waals surface area contributed by atoms with Crippen molar-refractivity contribution in [1.29, 1.82) is 0 Å². The van der Waals surface area contributed by atoms with Gasteiger partial charge in [0.15, 0.2) is 0 Å². The molecule has 4 nitrogen and oxygen atoms in total. The number of hydrogen-bond acceptors (Lipinski definition) is 4. The van der Waals surface area contributed by atoms with Crippen LogP contribution in [0.4, 0.5) is 5.82 Å². The fraction of sp³-hybridized carbons (Fsp3) is 0.333. The van der Waals surface area contributed by atoms with Gasteiger partial charge in [0.1, 0.15) is 5.82 Å². The van der Waals surface area contributed by atoms with E-state index in [1.54, 1.807) is 13.2 Å². The van der Waals surface area contributed by atoms with Gasteiger partial charge in [-0.15, -0.1) is 0 Å². The molecule has 0 unspecified atom stereocenters. The van der Waals surface area contributed by atoms with Gasteiger partial charge >= 0.3 is 0 Å². The molecule has 0 bridgehead atoms. The Morgan fingerprint density at radius 1 is 1.50 bits per heavy atom. The van der Waals surface area contributed by atoms with E-state index >= 15 is 0 Å². The molecule has 4 heteroatoms. The van der Waals surface area contributed by atoms with E-state index in [0.717, 1.165) is 11.4 Å². The predicted octanol–water partition coefficient (Wildman–Crippen LogP) is 1.64. The fourth-order valence-corrected chi connectivity index (χ4v) is 1.28. The second kappa shape index (κ2) is 6.61. The van der Waals surface area contributed by atoms with Crippen molar-refractivity contribution in [3.05, 3.63) is 36.2 Å². The van der Waals surface area contributed by atoms with Gasteiger partial charge in [-0.05, 0) is 12.1 Å². The Labute approximate surface area is 96.7 Å². The first-order valence-corrected chi connectivity index (χ1v) is 5.16. The number of aliphatic imine (C=N–C) groups is 1. The summed E-state index contributed by atoms with van der Waals surface area (Å²) in [7, 11) is 5.75. The second-order valence-corrected chi connectivity index (χ2v) is 3.62. The molecule has 1 aromatic heterocycles. The third kappa shape index (κ3) is 4.59. The molecule has 86 valence electrons. The van der Waals surface area contributed by atoms with E-state index in [9.17, 15) is 0 Å². The van der Waals surface area contributed by atoms with Gasteiger partial charge in [0.25, 0.3) is 0 Å². The van der Waals surface area contributed by atoms with Crippen LogP contribution in [-0.2, 0) is 0 Å². The van der Waals surface area contributed by atoms with Gasteiger partial charge in [0.05, 0.1) is 0 Å². The predicted molar refractivity (Wildman–Crippen MR) is 68.9 cm³/mol. The quantitative estimate of drug-likeness (QED) is 0.764. The molecule has 1 aromatic rings. The van der Waals surface area contributed by atoms with E-state index in [1.165, 1.54) is 0 Å². The lowest BCUT2D eigenvalue weighted by atomic mass is 10.3. The molecule has 1 N–H and O–H groups in total. The van der Waals surface area contributed by atoms with E-state index in [1.807, 2.05) is 49.6 Å². The van der Waals surface area contributed by atoms with Crippen molar-refractivity contribution < 1.29 is 0 Å². The van der Waals surface area contributed by atoms with E-state index in [2.05, 4.69) is 15.3 Å². The molecule has 0 aliphatic carbocycles. The highest BCUT2D eigenvalue weighted by atomic mass is 15.0. The van der Waals surface area contributed by atoms with Crippen LogP contribution in [0, 0.1) is 0 Å². The molecule has 0 saturated heterocycles. The Kier molecular flexibility index (Phi) is 5.05. The molecule has 1 heterocycles. The summed E-state index contributed by atoms with van der Waals surface area (Å²) < 4.78 is 0. The maximum Gasteiger partial charge on any atom is 0.126 e. The Bertz CT molecular complexity index is 355. The number of rotatable bonds is 5. The van der Waals surface area contributed by atoms with Crippen LogP contribution >= 0.6 is 0 Å². The summed E-state index contributed by atoms with van der Waals surface area (Å²) in [4.78, 5) is 10.2. The van der Waals surface area contributed by atoms with Gasteiger partial charge in [-0.1, -0.05) is 6.07 Å². The molecule has 0 atom stereocenters. The Morgan fingerprint density at radius 3 is 2.88 bits per heavy atom. The van der Waals surface area contributed by atoms with Crippen LogP contribution in [-0.4, -0.2) is 43.8 Å². The third-order valence-corrected chi connectivity index (χ3v) is 1.86. The van der Waals surface area contributed by atoms with Crippen LogP contribution in [0.25, 0.3) is 0 Å². The average Bonchev–Trinajstić information content (AvgIpc) is 2.27. The SMILES string of the molecule is CN=CC(=CN(C)C)CNc1ccccn1. The highest BCUT2D eigenvalue weighted by Crippen LogP contribution is 2.01. The largest absolute Gasteiger partial charge is 0.383 e. The van der Waals surface area contributed by atoms with Gasteiger partial charge in [-0.2, -0.15) is 0 Å². The maximum absolute atomic E-state index is 4.19. The first-order valence-electron chi connectivity index (χ1n) is 5.16. The van der Waals surface area contributed by atoms with Gasteiger partial charge < -0.3 is 10.2 Å². The van der Waals surface area contributed by atoms with Gasteiger partial charge in [-0.25, -0.2) is 4.98 Å². The van der Waals surface area contributed by atoms with Crippen molar-refractivity contribution in [2.24, 2.45) is 4.99 Å². The van der Waals surface area contributed by atoms with E-state index in [4.69, 9.17) is 0 Å². The van der Waals surface area contributed by atoms with Gasteiger partial charge in [0, 0.05) is 51.9 Å². The minimum absolute atomic E-state index is 0.715. The number of anilines is 1. The molecule has 0 aliphatic heterocycles. The van der Waals surface area contributed by atoms with Crippen LogP contribution in [0.15, 0.2) is 41.2 Å². The van der Waals surface area contributed by atoms with E-state index in [0.29, 0.717) is 6.54 Å². The number of aromatic nitrogens is 1. The molecule has 0 saturated carbocycles. The molecule has 0 amide bonds. The van der Waals surface area contributed by atoms with E-state index in [-0.39, 0.29) is 0 Å². The molecular formula is C12H18N4. The molecule has 1 rings (SSSR count). The van der Waals surface area contributed by atoms with Gasteiger partial charge in [-0.3, -0.25) is 4.99 Å². The minimum atomic E-state index is 0.715. The second-order valence-electron chi connectivity index (χ2n) is 3.62. The van der Waals surface area contributed by atoms with Crippen molar-refractivity contribution in [2.75, 3.05) is 33.0 Å². The Hall–Kier alpha value is -1.84. The number of hydrogen-bond donors (Lipinski definition) is 1. The van der Waals surface area contributed by atoms with Crippen molar-refractivity contribution >= 4 is 12.0 Å². The lowest BCUT2D eigenvalue weighted by molar-refractivity contribution is 0.560. The molecule has 0 aliphatic rings. The highest BCUT2D eigenvalue weighted by Gasteiger charge is 1.95. The highest BCUT2D eigenvalue weighted by molar-refractivity contribution is 5.79. The van der Waals surface area contributed by atoms with Crippen molar-refractivity contribution in [2.45, 2.75) is 0 Å². The zero-order valence-electron chi connectivity index (χ0n) is 10.0. The van der Waals surface area contributed by atoms with Gasteiger partial charge in [0.2, 0.25) is 0 Å². The topological polar surface area (TPSA) is 40.5 Å². The summed E-state index contributed by atoms with van der Waals surface area (Å²) >= 11 is 0. The standard InChI is InChI=1S/C12H18N4/c1-13-8-11(10-16(2)3)9-15-12-6-4-5-7-14-12/h4-8,10H,9H2,1-3H3,(H,14,15). The average molecular weight is 218 g/mol. The summed E-state index contributed by atoms with van der Waals surface area (Å²) in [6, 6.07) is 5.80. The van der Waals surface area contributed by atoms with Crippen molar-refractivity contribution in [1.82, 2.24) is 9.88 Å². The molecule has 0 spiro atoms. The molecule has 16 heavy (non-hydrogen) atoms. The third-order valence-electron chi connectivity index (χ3n) is 1.86. The van der Waals surface area contributed by atoms with Crippen LogP contribution in [0.5, 0.6) is 0 Å². The van der Waals surface area contributed by atoms with Crippen LogP contribution < -0.4 is 5.32 Å². The molecule has 0 fully saturated rings. The molecule has 0 aromatic carbocycles. The number of pyridine rings is 1. The lowest BCUT2D eigenvalue weighted by Gasteiger charge is -2.10. The summed E-state index contributed by atoms with van der Waals surface area (Å²) in [5, 5.41) is 3.24. The van der Waals surface area contributed by atoms with Crippen LogP contribution in [0.2, 0.25) is 0 Å². The summed E-state index contributed by atoms with van der Waals surface area (Å²) in [6.45, 7) is 0.715. The summed E-state index contributed by atoms with van der Waals surface area (Å²) in [6.07, 6.45) is 5.64. The number of nitrogens with zero attached hydrogens (tertiary/aromatic N) is 3. The lowest BCUT2D eigenvalue weighted by Crippen LogP contribution is -2.11. The van der Waals surface area contributed by atoms with E-state index < -0.39 is 0 Å². The zero-order chi connectivity index (χ0) is 11.8. The van der Waals surface area contributed by atoms with Crippen molar-refractivity contribution in [3.8, 4) is 0 Å². The maximum atomic E-state index is 4.19. The summed E-state index contributed by atoms with van der Waals surface area (Å²) in [5.74, 6) is 0.872. The Morgan fingerprint density at radius 2 is 2.31 bits per heavy atom. The van der Waals surface area contributed by atoms with Crippen LogP contribution in [0.3, 0.4) is 0 Å². The number of nitrogens with one attached hydrogen (secondary N) is 1. The monoisotopic (exact) mass is 218 g/mol. The first kappa shape index (κ1) is 12.2. The normalized spacial score (nSPS) is 11.8. The minimum Gasteiger partial charge on any atom is -0.383 e. The smallest absolute Gasteiger partial charge is 0.126 e. The van der Waals surface area contributed by atoms with Crippen LogP contribution in [0.1, 0.15) is 0 Å². The zero-order valence-corrected chi connectivity index (χ0v) is 10.0. The summed E-state index contributed by atoms with van der Waals surface area (Å²) in [5.41, 5.74) is 1.11. The molecule has 0 radical (unpaired) electrons. The van der Waals surface area contributed by atoms with Crippen molar-refractivity contribution in [3.63, 3.8) is 0 Å². The fourth-order valence-electron chi connectivity index (χ4n) is 1.28.